The van der Waals surface area contributed by atoms with E-state index in [0.717, 1.165) is 5.75 Å². The van der Waals surface area contributed by atoms with Crippen LogP contribution in [-0.2, 0) is 4.79 Å². The Morgan fingerprint density at radius 2 is 1.63 bits per heavy atom. The molecule has 0 unspecified atom stereocenters. The first kappa shape index (κ1) is 18.7. The first-order valence-electron chi connectivity index (χ1n) is 8.65. The highest BCUT2D eigenvalue weighted by molar-refractivity contribution is 7.12. The van der Waals surface area contributed by atoms with Crippen LogP contribution >= 0.6 is 11.3 Å². The van der Waals surface area contributed by atoms with Crippen LogP contribution in [0.15, 0.2) is 72.1 Å². The molecular weight excluding hydrogens is 360 g/mol. The lowest BCUT2D eigenvalue weighted by molar-refractivity contribution is -0.116. The van der Waals surface area contributed by atoms with Gasteiger partial charge >= 0.3 is 0 Å². The average Bonchev–Trinajstić information content (AvgIpc) is 3.22. The Morgan fingerprint density at radius 1 is 0.889 bits per heavy atom. The molecule has 1 heterocycles. The van der Waals surface area contributed by atoms with Crippen molar-refractivity contribution in [1.29, 1.82) is 0 Å². The van der Waals surface area contributed by atoms with E-state index in [1.165, 1.54) is 11.3 Å². The molecule has 138 valence electrons. The van der Waals surface area contributed by atoms with Gasteiger partial charge < -0.3 is 15.4 Å². The van der Waals surface area contributed by atoms with Crippen molar-refractivity contribution in [2.45, 2.75) is 12.8 Å². The molecule has 0 spiro atoms. The summed E-state index contributed by atoms with van der Waals surface area (Å²) < 4.78 is 5.72. The third kappa shape index (κ3) is 5.97. The molecule has 27 heavy (non-hydrogen) atoms. The van der Waals surface area contributed by atoms with Gasteiger partial charge in [-0.05, 0) is 54.3 Å². The second-order valence-corrected chi connectivity index (χ2v) is 6.77. The number of benzene rings is 2. The SMILES string of the molecule is O=C(CCCNC(=O)c1cccs1)Nc1ccc(Oc2ccccc2)cc1. The van der Waals surface area contributed by atoms with Crippen molar-refractivity contribution in [3.63, 3.8) is 0 Å². The van der Waals surface area contributed by atoms with E-state index in [0.29, 0.717) is 35.7 Å². The number of carbonyl (C=O) groups is 2. The lowest BCUT2D eigenvalue weighted by Crippen LogP contribution is -2.24. The number of para-hydroxylation sites is 1. The van der Waals surface area contributed by atoms with E-state index in [4.69, 9.17) is 4.74 Å². The van der Waals surface area contributed by atoms with Crippen molar-refractivity contribution in [3.8, 4) is 11.5 Å². The summed E-state index contributed by atoms with van der Waals surface area (Å²) in [6.07, 6.45) is 0.922. The normalized spacial score (nSPS) is 10.2. The zero-order chi connectivity index (χ0) is 18.9. The van der Waals surface area contributed by atoms with Crippen molar-refractivity contribution in [3.05, 3.63) is 77.0 Å². The number of carbonyl (C=O) groups excluding carboxylic acids is 2. The fraction of sp³-hybridized carbons (Fsp3) is 0.143. The summed E-state index contributed by atoms with van der Waals surface area (Å²) in [6.45, 7) is 0.466. The topological polar surface area (TPSA) is 67.4 Å². The number of hydrogen-bond donors (Lipinski definition) is 2. The zero-order valence-corrected chi connectivity index (χ0v) is 15.5. The van der Waals surface area contributed by atoms with Crippen LogP contribution in [0.5, 0.6) is 11.5 Å². The fourth-order valence-electron chi connectivity index (χ4n) is 2.40. The summed E-state index contributed by atoms with van der Waals surface area (Å²) in [5.74, 6) is 1.28. The summed E-state index contributed by atoms with van der Waals surface area (Å²) >= 11 is 1.40. The molecule has 3 aromatic rings. The Kier molecular flexibility index (Phi) is 6.60. The van der Waals surface area contributed by atoms with Crippen LogP contribution in [0.1, 0.15) is 22.5 Å². The Labute approximate surface area is 162 Å². The number of ether oxygens (including phenoxy) is 1. The molecule has 0 bridgehead atoms. The van der Waals surface area contributed by atoms with Crippen LogP contribution in [0.4, 0.5) is 5.69 Å². The molecular formula is C21H20N2O3S. The molecule has 0 aliphatic carbocycles. The summed E-state index contributed by atoms with van der Waals surface area (Å²) in [4.78, 5) is 24.5. The monoisotopic (exact) mass is 380 g/mol. The van der Waals surface area contributed by atoms with Gasteiger partial charge in [0.2, 0.25) is 5.91 Å². The van der Waals surface area contributed by atoms with Crippen molar-refractivity contribution in [2.75, 3.05) is 11.9 Å². The lowest BCUT2D eigenvalue weighted by atomic mass is 10.2. The van der Waals surface area contributed by atoms with Crippen molar-refractivity contribution < 1.29 is 14.3 Å². The highest BCUT2D eigenvalue weighted by atomic mass is 32.1. The van der Waals surface area contributed by atoms with Gasteiger partial charge in [0.25, 0.3) is 5.91 Å². The highest BCUT2D eigenvalue weighted by Crippen LogP contribution is 2.22. The molecule has 6 heteroatoms. The van der Waals surface area contributed by atoms with Gasteiger partial charge in [-0.1, -0.05) is 24.3 Å². The summed E-state index contributed by atoms with van der Waals surface area (Å²) in [5.41, 5.74) is 0.711. The van der Waals surface area contributed by atoms with Gasteiger partial charge in [-0.2, -0.15) is 0 Å². The van der Waals surface area contributed by atoms with Gasteiger partial charge in [-0.3, -0.25) is 9.59 Å². The molecule has 5 nitrogen and oxygen atoms in total. The predicted octanol–water partition coefficient (Wildman–Crippen LogP) is 4.69. The maximum absolute atomic E-state index is 12.0. The molecule has 0 aliphatic heterocycles. The van der Waals surface area contributed by atoms with Gasteiger partial charge in [0, 0.05) is 18.7 Å². The molecule has 0 fully saturated rings. The third-order valence-electron chi connectivity index (χ3n) is 3.73. The summed E-state index contributed by atoms with van der Waals surface area (Å²) in [5, 5.41) is 7.51. The van der Waals surface area contributed by atoms with E-state index in [-0.39, 0.29) is 11.8 Å². The summed E-state index contributed by atoms with van der Waals surface area (Å²) in [7, 11) is 0. The summed E-state index contributed by atoms with van der Waals surface area (Å²) in [6, 6.07) is 20.3. The smallest absolute Gasteiger partial charge is 0.261 e. The molecule has 0 saturated carbocycles. The molecule has 0 atom stereocenters. The molecule has 2 N–H and O–H groups in total. The van der Waals surface area contributed by atoms with Gasteiger partial charge in [-0.15, -0.1) is 11.3 Å². The maximum atomic E-state index is 12.0. The Balaban J connectivity index is 1.38. The molecule has 0 aliphatic rings. The number of hydrogen-bond acceptors (Lipinski definition) is 4. The van der Waals surface area contributed by atoms with Gasteiger partial charge in [0.1, 0.15) is 11.5 Å². The minimum absolute atomic E-state index is 0.0860. The zero-order valence-electron chi connectivity index (χ0n) is 14.7. The standard InChI is InChI=1S/C21H20N2O3S/c24-20(9-4-14-22-21(25)19-8-5-15-27-19)23-16-10-12-18(13-11-16)26-17-6-2-1-3-7-17/h1-3,5-8,10-13,15H,4,9,14H2,(H,22,25)(H,23,24). The van der Waals surface area contributed by atoms with Crippen LogP contribution in [-0.4, -0.2) is 18.4 Å². The predicted molar refractivity (Wildman–Crippen MR) is 107 cm³/mol. The van der Waals surface area contributed by atoms with E-state index in [1.807, 2.05) is 53.9 Å². The first-order valence-corrected chi connectivity index (χ1v) is 9.53. The minimum atomic E-state index is -0.0978. The van der Waals surface area contributed by atoms with E-state index < -0.39 is 0 Å². The number of rotatable bonds is 8. The molecule has 0 saturated heterocycles. The van der Waals surface area contributed by atoms with Crippen LogP contribution in [0.2, 0.25) is 0 Å². The van der Waals surface area contributed by atoms with E-state index in [9.17, 15) is 9.59 Å². The molecule has 2 amide bonds. The van der Waals surface area contributed by atoms with E-state index in [2.05, 4.69) is 10.6 Å². The number of nitrogens with one attached hydrogen (secondary N) is 2. The number of anilines is 1. The van der Waals surface area contributed by atoms with Gasteiger partial charge in [0.15, 0.2) is 0 Å². The molecule has 3 rings (SSSR count). The number of thiophene rings is 1. The van der Waals surface area contributed by atoms with Crippen LogP contribution in [0.3, 0.4) is 0 Å². The molecule has 2 aromatic carbocycles. The fourth-order valence-corrected chi connectivity index (χ4v) is 3.04. The van der Waals surface area contributed by atoms with Crippen molar-refractivity contribution in [1.82, 2.24) is 5.32 Å². The maximum Gasteiger partial charge on any atom is 0.261 e. The quantitative estimate of drug-likeness (QED) is 0.557. The average molecular weight is 380 g/mol. The van der Waals surface area contributed by atoms with Crippen LogP contribution in [0, 0.1) is 0 Å². The van der Waals surface area contributed by atoms with Crippen LogP contribution in [0.25, 0.3) is 0 Å². The van der Waals surface area contributed by atoms with Crippen LogP contribution < -0.4 is 15.4 Å². The van der Waals surface area contributed by atoms with E-state index >= 15 is 0 Å². The minimum Gasteiger partial charge on any atom is -0.457 e. The van der Waals surface area contributed by atoms with Gasteiger partial charge in [0.05, 0.1) is 4.88 Å². The van der Waals surface area contributed by atoms with Crippen molar-refractivity contribution >= 4 is 28.8 Å². The number of amides is 2. The first-order chi connectivity index (χ1) is 13.2. The highest BCUT2D eigenvalue weighted by Gasteiger charge is 2.07. The molecule has 0 radical (unpaired) electrons. The largest absolute Gasteiger partial charge is 0.457 e. The third-order valence-corrected chi connectivity index (χ3v) is 4.60. The van der Waals surface area contributed by atoms with Gasteiger partial charge in [-0.25, -0.2) is 0 Å². The molecule has 1 aromatic heterocycles. The Morgan fingerprint density at radius 3 is 2.33 bits per heavy atom. The Bertz CT molecular complexity index is 862. The van der Waals surface area contributed by atoms with E-state index in [1.54, 1.807) is 18.2 Å². The second-order valence-electron chi connectivity index (χ2n) is 5.82. The van der Waals surface area contributed by atoms with Crippen molar-refractivity contribution in [2.24, 2.45) is 0 Å². The lowest BCUT2D eigenvalue weighted by Gasteiger charge is -2.08. The second kappa shape index (κ2) is 9.54. The Hall–Kier alpha value is -3.12.